The van der Waals surface area contributed by atoms with Crippen molar-refractivity contribution in [3.63, 3.8) is 0 Å². The number of aryl methyl sites for hydroxylation is 1. The minimum Gasteiger partial charge on any atom is -0.428 e. The Morgan fingerprint density at radius 1 is 0.639 bits per heavy atom. The monoisotopic (exact) mass is 504 g/mol. The van der Waals surface area contributed by atoms with Crippen molar-refractivity contribution in [1.29, 1.82) is 0 Å². The van der Waals surface area contributed by atoms with Gasteiger partial charge in [0.05, 0.1) is 0 Å². The summed E-state index contributed by atoms with van der Waals surface area (Å²) in [6, 6.07) is 16.1. The maximum Gasteiger partial charge on any atom is 0.432 e. The van der Waals surface area contributed by atoms with Gasteiger partial charge in [0, 0.05) is 11.6 Å². The molecule has 0 aliphatic heterocycles. The van der Waals surface area contributed by atoms with E-state index in [1.807, 2.05) is 31.2 Å². The highest BCUT2D eigenvalue weighted by atomic mass is 19.3. The maximum atomic E-state index is 14.7. The number of benzene rings is 4. The highest BCUT2D eigenvalue weighted by Crippen LogP contribution is 2.39. The van der Waals surface area contributed by atoms with Gasteiger partial charge in [-0.05, 0) is 53.3 Å². The van der Waals surface area contributed by atoms with Crippen molar-refractivity contribution in [3.8, 4) is 28.0 Å². The first-order chi connectivity index (χ1) is 17.0. The molecule has 0 spiro atoms. The standard InChI is InChI=1S/C28H19F7O/c1-3-16-4-6-17(7-5-16)18-8-10-19(11-9-18)20-12-21(29)25(22(30)13-20)28(34,35)36-24-14-23(31)27(33)26(32)15(24)2/h4-14H,3H2,1-2H3. The van der Waals surface area contributed by atoms with Crippen LogP contribution in [0.15, 0.2) is 66.7 Å². The molecule has 186 valence electrons. The first-order valence-electron chi connectivity index (χ1n) is 10.9. The number of hydrogen-bond acceptors (Lipinski definition) is 1. The molecule has 0 bridgehead atoms. The van der Waals surface area contributed by atoms with Crippen LogP contribution in [-0.4, -0.2) is 0 Å². The topological polar surface area (TPSA) is 9.23 Å². The molecule has 0 saturated carbocycles. The van der Waals surface area contributed by atoms with E-state index in [2.05, 4.69) is 4.74 Å². The van der Waals surface area contributed by atoms with Crippen LogP contribution in [0.4, 0.5) is 30.7 Å². The molecule has 0 atom stereocenters. The predicted octanol–water partition coefficient (Wildman–Crippen LogP) is 8.72. The summed E-state index contributed by atoms with van der Waals surface area (Å²) in [4.78, 5) is 0. The van der Waals surface area contributed by atoms with Crippen molar-refractivity contribution in [3.05, 3.63) is 113 Å². The van der Waals surface area contributed by atoms with Crippen molar-refractivity contribution in [2.75, 3.05) is 0 Å². The van der Waals surface area contributed by atoms with E-state index in [4.69, 9.17) is 0 Å². The van der Waals surface area contributed by atoms with Crippen LogP contribution < -0.4 is 4.74 Å². The fourth-order valence-electron chi connectivity index (χ4n) is 3.77. The largest absolute Gasteiger partial charge is 0.432 e. The maximum absolute atomic E-state index is 14.7. The lowest BCUT2D eigenvalue weighted by Crippen LogP contribution is -2.26. The van der Waals surface area contributed by atoms with Gasteiger partial charge in [0.25, 0.3) is 0 Å². The molecule has 0 saturated heterocycles. The molecule has 4 rings (SSSR count). The van der Waals surface area contributed by atoms with Gasteiger partial charge in [0.15, 0.2) is 17.5 Å². The zero-order valence-corrected chi connectivity index (χ0v) is 19.1. The fraction of sp³-hybridized carbons (Fsp3) is 0.143. The summed E-state index contributed by atoms with van der Waals surface area (Å²) < 4.78 is 104. The number of rotatable bonds is 6. The van der Waals surface area contributed by atoms with Gasteiger partial charge in [-0.15, -0.1) is 0 Å². The fourth-order valence-corrected chi connectivity index (χ4v) is 3.77. The third kappa shape index (κ3) is 4.80. The normalized spacial score (nSPS) is 11.6. The van der Waals surface area contributed by atoms with Gasteiger partial charge >= 0.3 is 6.11 Å². The van der Waals surface area contributed by atoms with E-state index < -0.39 is 52.1 Å². The van der Waals surface area contributed by atoms with Gasteiger partial charge in [0.1, 0.15) is 22.9 Å². The average Bonchev–Trinajstić information content (AvgIpc) is 2.85. The van der Waals surface area contributed by atoms with E-state index in [0.29, 0.717) is 17.7 Å². The first kappa shape index (κ1) is 25.3. The molecule has 0 aliphatic rings. The summed E-state index contributed by atoms with van der Waals surface area (Å²) in [5, 5.41) is 0. The number of hydrogen-bond donors (Lipinski definition) is 0. The SMILES string of the molecule is CCc1ccc(-c2ccc(-c3cc(F)c(C(F)(F)Oc4cc(F)c(F)c(F)c4C)c(F)c3)cc2)cc1. The second-order valence-electron chi connectivity index (χ2n) is 8.17. The molecule has 0 N–H and O–H groups in total. The van der Waals surface area contributed by atoms with Gasteiger partial charge in [-0.1, -0.05) is 55.5 Å². The molecule has 0 fully saturated rings. The molecule has 0 radical (unpaired) electrons. The molecule has 0 heterocycles. The molecule has 0 unspecified atom stereocenters. The Hall–Kier alpha value is -3.81. The zero-order chi connectivity index (χ0) is 26.2. The van der Waals surface area contributed by atoms with Crippen LogP contribution >= 0.6 is 0 Å². The summed E-state index contributed by atoms with van der Waals surface area (Å²) in [7, 11) is 0. The van der Waals surface area contributed by atoms with Crippen LogP contribution in [-0.2, 0) is 12.5 Å². The Kier molecular flexibility index (Phi) is 6.80. The van der Waals surface area contributed by atoms with Gasteiger partial charge in [0.2, 0.25) is 0 Å². The number of halogens is 7. The Balaban J connectivity index is 1.63. The number of ether oxygens (including phenoxy) is 1. The van der Waals surface area contributed by atoms with Crippen LogP contribution in [0, 0.1) is 36.0 Å². The molecule has 1 nitrogen and oxygen atoms in total. The molecule has 0 aromatic heterocycles. The summed E-state index contributed by atoms with van der Waals surface area (Å²) in [5.41, 5.74) is 0.801. The van der Waals surface area contributed by atoms with Gasteiger partial charge in [-0.25, -0.2) is 22.0 Å². The first-order valence-corrected chi connectivity index (χ1v) is 10.9. The molecular formula is C28H19F7O. The van der Waals surface area contributed by atoms with Crippen molar-refractivity contribution >= 4 is 0 Å². The molecule has 4 aromatic carbocycles. The van der Waals surface area contributed by atoms with Crippen LogP contribution in [0.2, 0.25) is 0 Å². The molecular weight excluding hydrogens is 485 g/mol. The van der Waals surface area contributed by atoms with E-state index in [1.54, 1.807) is 24.3 Å². The lowest BCUT2D eigenvalue weighted by molar-refractivity contribution is -0.190. The molecule has 0 aliphatic carbocycles. The lowest BCUT2D eigenvalue weighted by Gasteiger charge is -2.21. The zero-order valence-electron chi connectivity index (χ0n) is 19.1. The highest BCUT2D eigenvalue weighted by Gasteiger charge is 2.42. The second kappa shape index (κ2) is 9.68. The molecule has 0 amide bonds. The van der Waals surface area contributed by atoms with Crippen LogP contribution in [0.5, 0.6) is 5.75 Å². The summed E-state index contributed by atoms with van der Waals surface area (Å²) in [6.07, 6.45) is -3.75. The van der Waals surface area contributed by atoms with E-state index in [1.165, 1.54) is 5.56 Å². The van der Waals surface area contributed by atoms with Crippen LogP contribution in [0.1, 0.15) is 23.6 Å². The third-order valence-electron chi connectivity index (χ3n) is 5.84. The molecule has 8 heteroatoms. The molecule has 4 aromatic rings. The van der Waals surface area contributed by atoms with Crippen molar-refractivity contribution in [2.45, 2.75) is 26.4 Å². The average molecular weight is 504 g/mol. The lowest BCUT2D eigenvalue weighted by atomic mass is 9.98. The van der Waals surface area contributed by atoms with Crippen LogP contribution in [0.25, 0.3) is 22.3 Å². The summed E-state index contributed by atoms with van der Waals surface area (Å²) >= 11 is 0. The Bertz CT molecular complexity index is 1390. The number of alkyl halides is 2. The van der Waals surface area contributed by atoms with E-state index in [0.717, 1.165) is 24.5 Å². The van der Waals surface area contributed by atoms with E-state index >= 15 is 0 Å². The molecule has 36 heavy (non-hydrogen) atoms. The smallest absolute Gasteiger partial charge is 0.428 e. The highest BCUT2D eigenvalue weighted by molar-refractivity contribution is 5.71. The van der Waals surface area contributed by atoms with Gasteiger partial charge in [-0.3, -0.25) is 0 Å². The second-order valence-corrected chi connectivity index (χ2v) is 8.17. The third-order valence-corrected chi connectivity index (χ3v) is 5.84. The van der Waals surface area contributed by atoms with Gasteiger partial charge in [-0.2, -0.15) is 8.78 Å². The van der Waals surface area contributed by atoms with Crippen LogP contribution in [0.3, 0.4) is 0 Å². The minimum atomic E-state index is -4.65. The Morgan fingerprint density at radius 2 is 1.11 bits per heavy atom. The van der Waals surface area contributed by atoms with Crippen molar-refractivity contribution < 1.29 is 35.5 Å². The summed E-state index contributed by atoms with van der Waals surface area (Å²) in [6.45, 7) is 2.90. The quantitative estimate of drug-likeness (QED) is 0.189. The van der Waals surface area contributed by atoms with Crippen molar-refractivity contribution in [2.24, 2.45) is 0 Å². The van der Waals surface area contributed by atoms with E-state index in [9.17, 15) is 30.7 Å². The van der Waals surface area contributed by atoms with Crippen molar-refractivity contribution in [1.82, 2.24) is 0 Å². The predicted molar refractivity (Wildman–Crippen MR) is 122 cm³/mol. The van der Waals surface area contributed by atoms with E-state index in [-0.39, 0.29) is 11.6 Å². The summed E-state index contributed by atoms with van der Waals surface area (Å²) in [5.74, 6) is -9.77. The Labute approximate surface area is 202 Å². The minimum absolute atomic E-state index is 0.00696. The van der Waals surface area contributed by atoms with Gasteiger partial charge < -0.3 is 4.74 Å². The Morgan fingerprint density at radius 3 is 1.61 bits per heavy atom.